The summed E-state index contributed by atoms with van der Waals surface area (Å²) in [6, 6.07) is 0.532. The van der Waals surface area contributed by atoms with Crippen LogP contribution in [0.2, 0.25) is 0 Å². The summed E-state index contributed by atoms with van der Waals surface area (Å²) in [5, 5.41) is 6.86. The molecule has 0 radical (unpaired) electrons. The summed E-state index contributed by atoms with van der Waals surface area (Å²) in [5.74, 6) is 0. The van der Waals surface area contributed by atoms with Crippen molar-refractivity contribution in [2.75, 3.05) is 33.4 Å². The molecule has 3 heteroatoms. The summed E-state index contributed by atoms with van der Waals surface area (Å²) in [6.45, 7) is 12.9. The first kappa shape index (κ1) is 14.9. The van der Waals surface area contributed by atoms with Crippen LogP contribution in [-0.2, 0) is 4.74 Å². The fourth-order valence-electron chi connectivity index (χ4n) is 1.26. The van der Waals surface area contributed by atoms with E-state index in [4.69, 9.17) is 4.74 Å². The molecule has 0 aromatic carbocycles. The van der Waals surface area contributed by atoms with E-state index in [2.05, 4.69) is 38.3 Å². The van der Waals surface area contributed by atoms with E-state index >= 15 is 0 Å². The number of rotatable bonds is 8. The second-order valence-electron chi connectivity index (χ2n) is 5.36. The number of methoxy groups -OCH3 is 1. The van der Waals surface area contributed by atoms with Gasteiger partial charge in [-0.3, -0.25) is 0 Å². The number of ether oxygens (including phenoxy) is 1. The molecule has 0 bridgehead atoms. The lowest BCUT2D eigenvalue weighted by Crippen LogP contribution is -2.38. The molecule has 1 atom stereocenters. The highest BCUT2D eigenvalue weighted by Crippen LogP contribution is 2.16. The zero-order chi connectivity index (χ0) is 11.7. The van der Waals surface area contributed by atoms with Crippen LogP contribution in [0.25, 0.3) is 0 Å². The smallest absolute Gasteiger partial charge is 0.0587 e. The van der Waals surface area contributed by atoms with Gasteiger partial charge < -0.3 is 15.4 Å². The molecule has 0 spiro atoms. The van der Waals surface area contributed by atoms with Gasteiger partial charge in [-0.15, -0.1) is 0 Å². The minimum absolute atomic E-state index is 0.427. The standard InChI is InChI=1S/C12H28N2O/c1-11(10-13-8-9-15-5)14-7-6-12(2,3)4/h11,13-14H,6-10H2,1-5H3. The molecule has 92 valence electrons. The highest BCUT2D eigenvalue weighted by molar-refractivity contribution is 4.68. The average molecular weight is 216 g/mol. The van der Waals surface area contributed by atoms with Crippen LogP contribution in [0.3, 0.4) is 0 Å². The van der Waals surface area contributed by atoms with E-state index in [9.17, 15) is 0 Å². The van der Waals surface area contributed by atoms with Gasteiger partial charge >= 0.3 is 0 Å². The molecule has 0 fully saturated rings. The molecule has 3 nitrogen and oxygen atoms in total. The Hall–Kier alpha value is -0.120. The van der Waals surface area contributed by atoms with Gasteiger partial charge in [-0.1, -0.05) is 20.8 Å². The molecule has 0 aromatic rings. The Kier molecular flexibility index (Phi) is 8.02. The zero-order valence-corrected chi connectivity index (χ0v) is 11.0. The first-order chi connectivity index (χ1) is 6.95. The molecular weight excluding hydrogens is 188 g/mol. The second kappa shape index (κ2) is 8.08. The fraction of sp³-hybridized carbons (Fsp3) is 1.00. The largest absolute Gasteiger partial charge is 0.383 e. The maximum absolute atomic E-state index is 4.97. The van der Waals surface area contributed by atoms with Crippen LogP contribution >= 0.6 is 0 Å². The van der Waals surface area contributed by atoms with E-state index in [1.165, 1.54) is 6.42 Å². The minimum atomic E-state index is 0.427. The maximum atomic E-state index is 4.97. The zero-order valence-electron chi connectivity index (χ0n) is 11.0. The molecule has 0 rings (SSSR count). The van der Waals surface area contributed by atoms with E-state index in [0.717, 1.165) is 26.2 Å². The van der Waals surface area contributed by atoms with E-state index in [1.54, 1.807) is 7.11 Å². The summed E-state index contributed by atoms with van der Waals surface area (Å²) in [4.78, 5) is 0. The van der Waals surface area contributed by atoms with Gasteiger partial charge in [0.15, 0.2) is 0 Å². The Morgan fingerprint density at radius 3 is 2.40 bits per heavy atom. The number of hydrogen-bond acceptors (Lipinski definition) is 3. The van der Waals surface area contributed by atoms with Crippen molar-refractivity contribution in [3.8, 4) is 0 Å². The summed E-state index contributed by atoms with van der Waals surface area (Å²) >= 11 is 0. The predicted molar refractivity (Wildman–Crippen MR) is 66.3 cm³/mol. The van der Waals surface area contributed by atoms with Crippen molar-refractivity contribution in [1.29, 1.82) is 0 Å². The van der Waals surface area contributed by atoms with Crippen LogP contribution in [0, 0.1) is 5.41 Å². The van der Waals surface area contributed by atoms with Crippen molar-refractivity contribution in [3.63, 3.8) is 0 Å². The Bertz CT molecular complexity index is 143. The highest BCUT2D eigenvalue weighted by atomic mass is 16.5. The molecule has 15 heavy (non-hydrogen) atoms. The Morgan fingerprint density at radius 2 is 1.87 bits per heavy atom. The van der Waals surface area contributed by atoms with Crippen molar-refractivity contribution in [2.45, 2.75) is 40.2 Å². The fourth-order valence-corrected chi connectivity index (χ4v) is 1.26. The van der Waals surface area contributed by atoms with E-state index in [0.29, 0.717) is 11.5 Å². The molecule has 0 saturated carbocycles. The third kappa shape index (κ3) is 11.8. The summed E-state index contributed by atoms with van der Waals surface area (Å²) in [5.41, 5.74) is 0.427. The van der Waals surface area contributed by atoms with E-state index < -0.39 is 0 Å². The van der Waals surface area contributed by atoms with Gasteiger partial charge in [-0.05, 0) is 25.3 Å². The van der Waals surface area contributed by atoms with E-state index in [1.807, 2.05) is 0 Å². The van der Waals surface area contributed by atoms with Gasteiger partial charge in [0.05, 0.1) is 6.61 Å². The monoisotopic (exact) mass is 216 g/mol. The summed E-state index contributed by atoms with van der Waals surface area (Å²) in [7, 11) is 1.73. The second-order valence-corrected chi connectivity index (χ2v) is 5.36. The lowest BCUT2D eigenvalue weighted by Gasteiger charge is -2.20. The molecule has 0 aliphatic rings. The van der Waals surface area contributed by atoms with Gasteiger partial charge in [0.1, 0.15) is 0 Å². The number of hydrogen-bond donors (Lipinski definition) is 2. The minimum Gasteiger partial charge on any atom is -0.383 e. The normalized spacial score (nSPS) is 14.2. The first-order valence-corrected chi connectivity index (χ1v) is 5.89. The molecule has 2 N–H and O–H groups in total. The molecule has 1 unspecified atom stereocenters. The van der Waals surface area contributed by atoms with E-state index in [-0.39, 0.29) is 0 Å². The van der Waals surface area contributed by atoms with Crippen molar-refractivity contribution in [1.82, 2.24) is 10.6 Å². The first-order valence-electron chi connectivity index (χ1n) is 5.89. The third-order valence-electron chi connectivity index (χ3n) is 2.30. The summed E-state index contributed by atoms with van der Waals surface area (Å²) < 4.78 is 4.97. The highest BCUT2D eigenvalue weighted by Gasteiger charge is 2.09. The quantitative estimate of drug-likeness (QED) is 0.605. The molecule has 0 aliphatic carbocycles. The summed E-state index contributed by atoms with van der Waals surface area (Å²) in [6.07, 6.45) is 1.22. The van der Waals surface area contributed by atoms with Crippen molar-refractivity contribution >= 4 is 0 Å². The van der Waals surface area contributed by atoms with Crippen molar-refractivity contribution in [2.24, 2.45) is 5.41 Å². The topological polar surface area (TPSA) is 33.3 Å². The van der Waals surface area contributed by atoms with Crippen LogP contribution in [0.1, 0.15) is 34.1 Å². The third-order valence-corrected chi connectivity index (χ3v) is 2.30. The predicted octanol–water partition coefficient (Wildman–Crippen LogP) is 1.64. The van der Waals surface area contributed by atoms with Crippen molar-refractivity contribution in [3.05, 3.63) is 0 Å². The maximum Gasteiger partial charge on any atom is 0.0587 e. The van der Waals surface area contributed by atoms with Gasteiger partial charge in [-0.2, -0.15) is 0 Å². The molecule has 0 aliphatic heterocycles. The molecule has 0 saturated heterocycles. The molecule has 0 amide bonds. The molecular formula is C12H28N2O. The van der Waals surface area contributed by atoms with Gasteiger partial charge in [-0.25, -0.2) is 0 Å². The Balaban J connectivity index is 3.29. The Morgan fingerprint density at radius 1 is 1.20 bits per heavy atom. The van der Waals surface area contributed by atoms with Crippen LogP contribution in [0.5, 0.6) is 0 Å². The molecule has 0 heterocycles. The van der Waals surface area contributed by atoms with Crippen LogP contribution in [-0.4, -0.2) is 39.4 Å². The van der Waals surface area contributed by atoms with Crippen molar-refractivity contribution < 1.29 is 4.74 Å². The Labute approximate surface area is 95.0 Å². The lowest BCUT2D eigenvalue weighted by molar-refractivity contribution is 0.198. The lowest BCUT2D eigenvalue weighted by atomic mass is 9.92. The van der Waals surface area contributed by atoms with Gasteiger partial charge in [0.2, 0.25) is 0 Å². The SMILES string of the molecule is COCCNCC(C)NCCC(C)(C)C. The van der Waals surface area contributed by atoms with Crippen LogP contribution < -0.4 is 10.6 Å². The van der Waals surface area contributed by atoms with Gasteiger partial charge in [0.25, 0.3) is 0 Å². The van der Waals surface area contributed by atoms with Crippen LogP contribution in [0.4, 0.5) is 0 Å². The number of nitrogens with one attached hydrogen (secondary N) is 2. The van der Waals surface area contributed by atoms with Crippen LogP contribution in [0.15, 0.2) is 0 Å². The molecule has 0 aromatic heterocycles. The van der Waals surface area contributed by atoms with Gasteiger partial charge in [0, 0.05) is 26.2 Å². The average Bonchev–Trinajstić information content (AvgIpc) is 2.10.